The average molecular weight is 245 g/mol. The number of carbonyl (C=O) groups is 1. The molecule has 0 aliphatic rings. The summed E-state index contributed by atoms with van der Waals surface area (Å²) in [6, 6.07) is 0. The van der Waals surface area contributed by atoms with Crippen LogP contribution in [0.1, 0.15) is 58.3 Å². The number of hydrogen-bond donors (Lipinski definition) is 2. The van der Waals surface area contributed by atoms with Crippen LogP contribution in [0.25, 0.3) is 0 Å². The van der Waals surface area contributed by atoms with Crippen LogP contribution in [-0.4, -0.2) is 40.9 Å². The highest BCUT2D eigenvalue weighted by Crippen LogP contribution is 2.05. The second kappa shape index (κ2) is 11.7. The smallest absolute Gasteiger partial charge is 0.407 e. The average Bonchev–Trinajstić information content (AvgIpc) is 2.31. The minimum absolute atomic E-state index is 0.199. The summed E-state index contributed by atoms with van der Waals surface area (Å²) in [5.41, 5.74) is 0. The zero-order valence-electron chi connectivity index (χ0n) is 11.0. The Morgan fingerprint density at radius 2 is 1.47 bits per heavy atom. The second-order valence-corrected chi connectivity index (χ2v) is 4.47. The van der Waals surface area contributed by atoms with Gasteiger partial charge in [-0.2, -0.15) is 0 Å². The van der Waals surface area contributed by atoms with Crippen LogP contribution < -0.4 is 0 Å². The lowest BCUT2D eigenvalue weighted by atomic mass is 10.1. The van der Waals surface area contributed by atoms with Gasteiger partial charge < -0.3 is 15.1 Å². The fraction of sp³-hybridized carbons (Fsp3) is 0.923. The van der Waals surface area contributed by atoms with E-state index in [1.165, 1.54) is 24.2 Å². The maximum atomic E-state index is 11.0. The molecule has 0 aliphatic heterocycles. The number of amides is 1. The standard InChI is InChI=1S/C13H27NO3/c1-2-3-4-5-7-10-14(13(16)17)11-8-6-9-12-15/h15H,2-12H2,1H3,(H,16,17). The highest BCUT2D eigenvalue weighted by atomic mass is 16.4. The number of nitrogens with zero attached hydrogens (tertiary/aromatic N) is 1. The number of hydrogen-bond acceptors (Lipinski definition) is 2. The summed E-state index contributed by atoms with van der Waals surface area (Å²) in [5.74, 6) is 0. The molecule has 0 fully saturated rings. The van der Waals surface area contributed by atoms with Gasteiger partial charge >= 0.3 is 6.09 Å². The van der Waals surface area contributed by atoms with Gasteiger partial charge in [-0.25, -0.2) is 4.79 Å². The van der Waals surface area contributed by atoms with E-state index in [4.69, 9.17) is 10.2 Å². The first kappa shape index (κ1) is 16.2. The van der Waals surface area contributed by atoms with E-state index < -0.39 is 6.09 Å². The molecule has 4 nitrogen and oxygen atoms in total. The van der Waals surface area contributed by atoms with Crippen molar-refractivity contribution < 1.29 is 15.0 Å². The normalized spacial score (nSPS) is 10.5. The summed E-state index contributed by atoms with van der Waals surface area (Å²) in [4.78, 5) is 12.5. The molecule has 0 atom stereocenters. The Kier molecular flexibility index (Phi) is 11.2. The molecule has 0 bridgehead atoms. The lowest BCUT2D eigenvalue weighted by Crippen LogP contribution is -2.31. The summed E-state index contributed by atoms with van der Waals surface area (Å²) in [7, 11) is 0. The summed E-state index contributed by atoms with van der Waals surface area (Å²) in [6.45, 7) is 3.62. The summed E-state index contributed by atoms with van der Waals surface area (Å²) in [6.07, 6.45) is 7.44. The first-order valence-electron chi connectivity index (χ1n) is 6.81. The highest BCUT2D eigenvalue weighted by molar-refractivity contribution is 5.64. The van der Waals surface area contributed by atoms with Crippen molar-refractivity contribution in [3.05, 3.63) is 0 Å². The zero-order valence-corrected chi connectivity index (χ0v) is 11.0. The predicted molar refractivity (Wildman–Crippen MR) is 69.3 cm³/mol. The van der Waals surface area contributed by atoms with Gasteiger partial charge in [0.15, 0.2) is 0 Å². The van der Waals surface area contributed by atoms with Crippen molar-refractivity contribution in [2.75, 3.05) is 19.7 Å². The number of aliphatic hydroxyl groups is 1. The minimum Gasteiger partial charge on any atom is -0.465 e. The molecule has 0 saturated heterocycles. The number of carboxylic acid groups (broad SMARTS) is 1. The van der Waals surface area contributed by atoms with E-state index in [9.17, 15) is 4.79 Å². The van der Waals surface area contributed by atoms with E-state index in [0.29, 0.717) is 13.1 Å². The van der Waals surface area contributed by atoms with Crippen LogP contribution in [-0.2, 0) is 0 Å². The van der Waals surface area contributed by atoms with E-state index >= 15 is 0 Å². The Balaban J connectivity index is 3.57. The molecule has 0 rings (SSSR count). The third-order valence-corrected chi connectivity index (χ3v) is 2.89. The van der Waals surface area contributed by atoms with Gasteiger partial charge in [-0.3, -0.25) is 0 Å². The molecular formula is C13H27NO3. The van der Waals surface area contributed by atoms with Crippen LogP contribution in [0.15, 0.2) is 0 Å². The van der Waals surface area contributed by atoms with Crippen molar-refractivity contribution in [2.45, 2.75) is 58.3 Å². The number of aliphatic hydroxyl groups excluding tert-OH is 1. The lowest BCUT2D eigenvalue weighted by molar-refractivity contribution is 0.142. The molecule has 2 N–H and O–H groups in total. The molecule has 17 heavy (non-hydrogen) atoms. The van der Waals surface area contributed by atoms with Crippen LogP contribution >= 0.6 is 0 Å². The van der Waals surface area contributed by atoms with E-state index in [0.717, 1.165) is 32.1 Å². The van der Waals surface area contributed by atoms with Gasteiger partial charge in [0.25, 0.3) is 0 Å². The Labute approximate surface area is 105 Å². The van der Waals surface area contributed by atoms with Crippen molar-refractivity contribution in [3.63, 3.8) is 0 Å². The van der Waals surface area contributed by atoms with Gasteiger partial charge in [-0.05, 0) is 25.7 Å². The Hall–Kier alpha value is -0.770. The molecule has 4 heteroatoms. The van der Waals surface area contributed by atoms with Crippen LogP contribution in [0, 0.1) is 0 Å². The van der Waals surface area contributed by atoms with E-state index in [-0.39, 0.29) is 6.61 Å². The van der Waals surface area contributed by atoms with Crippen molar-refractivity contribution in [1.82, 2.24) is 4.90 Å². The van der Waals surface area contributed by atoms with Crippen LogP contribution in [0.5, 0.6) is 0 Å². The third-order valence-electron chi connectivity index (χ3n) is 2.89. The molecule has 0 radical (unpaired) electrons. The summed E-state index contributed by atoms with van der Waals surface area (Å²) in [5, 5.41) is 17.6. The van der Waals surface area contributed by atoms with E-state index in [2.05, 4.69) is 6.92 Å². The van der Waals surface area contributed by atoms with Crippen LogP contribution in [0.4, 0.5) is 4.79 Å². The van der Waals surface area contributed by atoms with Crippen molar-refractivity contribution >= 4 is 6.09 Å². The maximum Gasteiger partial charge on any atom is 0.407 e. The van der Waals surface area contributed by atoms with Crippen molar-refractivity contribution in [1.29, 1.82) is 0 Å². The molecular weight excluding hydrogens is 218 g/mol. The summed E-state index contributed by atoms with van der Waals surface area (Å²) < 4.78 is 0. The quantitative estimate of drug-likeness (QED) is 0.550. The molecule has 0 aromatic rings. The maximum absolute atomic E-state index is 11.0. The minimum atomic E-state index is -0.815. The fourth-order valence-corrected chi connectivity index (χ4v) is 1.80. The molecule has 0 unspecified atom stereocenters. The predicted octanol–water partition coefficient (Wildman–Crippen LogP) is 3.10. The molecule has 0 aliphatic carbocycles. The van der Waals surface area contributed by atoms with Gasteiger partial charge in [0.2, 0.25) is 0 Å². The zero-order chi connectivity index (χ0) is 12.9. The number of rotatable bonds is 11. The van der Waals surface area contributed by atoms with Crippen LogP contribution in [0.2, 0.25) is 0 Å². The van der Waals surface area contributed by atoms with Gasteiger partial charge in [0, 0.05) is 19.7 Å². The van der Waals surface area contributed by atoms with E-state index in [1.807, 2.05) is 0 Å². The summed E-state index contributed by atoms with van der Waals surface area (Å²) >= 11 is 0. The molecule has 0 spiro atoms. The monoisotopic (exact) mass is 245 g/mol. The molecule has 0 aromatic carbocycles. The van der Waals surface area contributed by atoms with Gasteiger partial charge in [-0.15, -0.1) is 0 Å². The molecule has 0 aromatic heterocycles. The largest absolute Gasteiger partial charge is 0.465 e. The Morgan fingerprint density at radius 1 is 0.941 bits per heavy atom. The SMILES string of the molecule is CCCCCCCN(CCCCCO)C(=O)O. The van der Waals surface area contributed by atoms with Crippen molar-refractivity contribution in [3.8, 4) is 0 Å². The van der Waals surface area contributed by atoms with Gasteiger partial charge in [0.05, 0.1) is 0 Å². The van der Waals surface area contributed by atoms with E-state index in [1.54, 1.807) is 0 Å². The molecule has 102 valence electrons. The van der Waals surface area contributed by atoms with Gasteiger partial charge in [-0.1, -0.05) is 32.6 Å². The Morgan fingerprint density at radius 3 is 1.94 bits per heavy atom. The third kappa shape index (κ3) is 10.1. The number of unbranched alkanes of at least 4 members (excludes halogenated alkanes) is 6. The second-order valence-electron chi connectivity index (χ2n) is 4.47. The van der Waals surface area contributed by atoms with Gasteiger partial charge in [0.1, 0.15) is 0 Å². The highest BCUT2D eigenvalue weighted by Gasteiger charge is 2.09. The first-order chi connectivity index (χ1) is 8.22. The Bertz CT molecular complexity index is 186. The van der Waals surface area contributed by atoms with Crippen LogP contribution in [0.3, 0.4) is 0 Å². The molecule has 0 saturated carbocycles. The lowest BCUT2D eigenvalue weighted by Gasteiger charge is -2.18. The molecule has 1 amide bonds. The topological polar surface area (TPSA) is 60.8 Å². The van der Waals surface area contributed by atoms with Crippen molar-refractivity contribution in [2.24, 2.45) is 0 Å². The first-order valence-corrected chi connectivity index (χ1v) is 6.81. The fourth-order valence-electron chi connectivity index (χ4n) is 1.80. The molecule has 0 heterocycles.